The van der Waals surface area contributed by atoms with Crippen LogP contribution in [0, 0.1) is 0 Å². The van der Waals surface area contributed by atoms with Gasteiger partial charge in [0.15, 0.2) is 0 Å². The second-order valence-corrected chi connectivity index (χ2v) is 10.3. The van der Waals surface area contributed by atoms with E-state index in [0.717, 1.165) is 32.4 Å². The van der Waals surface area contributed by atoms with Crippen molar-refractivity contribution in [2.75, 3.05) is 37.1 Å². The molecular weight excluding hydrogens is 536 g/mol. The van der Waals surface area contributed by atoms with Gasteiger partial charge < -0.3 is 20.1 Å². The lowest BCUT2D eigenvalue weighted by Crippen LogP contribution is -2.40. The summed E-state index contributed by atoms with van der Waals surface area (Å²) >= 11 is 0. The van der Waals surface area contributed by atoms with Crippen molar-refractivity contribution in [2.45, 2.75) is 37.8 Å². The molecule has 10 heteroatoms. The SMILES string of the molecule is COc1cccc(CCN[C@H]2CC(=O)N(c3ccc(N4C(=O)C[C@H](NCCc5cccc(OC)c5)C4=O)cc3)C2=O)c1. The van der Waals surface area contributed by atoms with Gasteiger partial charge >= 0.3 is 0 Å². The quantitative estimate of drug-likeness (QED) is 0.319. The molecule has 0 spiro atoms. The number of hydrogen-bond donors (Lipinski definition) is 2. The van der Waals surface area contributed by atoms with Crippen molar-refractivity contribution in [1.29, 1.82) is 0 Å². The summed E-state index contributed by atoms with van der Waals surface area (Å²) in [5.74, 6) is 0.269. The van der Waals surface area contributed by atoms with E-state index >= 15 is 0 Å². The van der Waals surface area contributed by atoms with Crippen LogP contribution in [0.25, 0.3) is 0 Å². The summed E-state index contributed by atoms with van der Waals surface area (Å²) in [5.41, 5.74) is 2.92. The number of imide groups is 2. The lowest BCUT2D eigenvalue weighted by atomic mass is 10.1. The van der Waals surface area contributed by atoms with Crippen LogP contribution in [0.3, 0.4) is 0 Å². The first-order chi connectivity index (χ1) is 20.4. The van der Waals surface area contributed by atoms with Crippen LogP contribution in [0.1, 0.15) is 24.0 Å². The summed E-state index contributed by atoms with van der Waals surface area (Å²) in [6.45, 7) is 1.05. The van der Waals surface area contributed by atoms with Gasteiger partial charge in [-0.05, 0) is 85.6 Å². The highest BCUT2D eigenvalue weighted by atomic mass is 16.5. The maximum Gasteiger partial charge on any atom is 0.251 e. The Hall–Kier alpha value is -4.54. The van der Waals surface area contributed by atoms with Crippen LogP contribution in [-0.4, -0.2) is 63.0 Å². The third kappa shape index (κ3) is 6.35. The number of ether oxygens (including phenoxy) is 2. The molecule has 5 rings (SSSR count). The van der Waals surface area contributed by atoms with E-state index in [2.05, 4.69) is 10.6 Å². The highest BCUT2D eigenvalue weighted by molar-refractivity contribution is 6.24. The number of carbonyl (C=O) groups is 4. The van der Waals surface area contributed by atoms with Crippen molar-refractivity contribution in [3.63, 3.8) is 0 Å². The predicted molar refractivity (Wildman–Crippen MR) is 158 cm³/mol. The molecule has 2 atom stereocenters. The van der Waals surface area contributed by atoms with Crippen LogP contribution < -0.4 is 29.9 Å². The van der Waals surface area contributed by atoms with Crippen LogP contribution in [0.5, 0.6) is 11.5 Å². The molecule has 2 aliphatic rings. The smallest absolute Gasteiger partial charge is 0.251 e. The van der Waals surface area contributed by atoms with Crippen LogP contribution in [-0.2, 0) is 32.0 Å². The standard InChI is InChI=1S/C32H34N4O6/c1-41-25-7-3-5-21(17-25)13-15-33-27-19-29(37)35(31(27)39)23-9-11-24(12-10-23)36-30(38)20-28(32(36)40)34-16-14-22-6-4-8-26(18-22)42-2/h3-12,17-18,27-28,33-34H,13-16,19-20H2,1-2H3/t27-,28-/m0/s1. The summed E-state index contributed by atoms with van der Waals surface area (Å²) < 4.78 is 10.5. The normalized spacial score (nSPS) is 18.7. The van der Waals surface area contributed by atoms with E-state index < -0.39 is 12.1 Å². The molecule has 0 aromatic heterocycles. The number of benzene rings is 3. The van der Waals surface area contributed by atoms with Gasteiger partial charge in [0, 0.05) is 0 Å². The monoisotopic (exact) mass is 570 g/mol. The van der Waals surface area contributed by atoms with E-state index in [1.807, 2.05) is 48.5 Å². The molecule has 10 nitrogen and oxygen atoms in total. The Labute approximate surface area is 244 Å². The Morgan fingerprint density at radius 1 is 0.643 bits per heavy atom. The molecule has 0 saturated carbocycles. The first-order valence-electron chi connectivity index (χ1n) is 13.9. The molecule has 4 amide bonds. The summed E-state index contributed by atoms with van der Waals surface area (Å²) in [4.78, 5) is 54.0. The van der Waals surface area contributed by atoms with E-state index in [-0.39, 0.29) is 36.5 Å². The van der Waals surface area contributed by atoms with E-state index in [1.165, 1.54) is 0 Å². The molecule has 2 fully saturated rings. The average molecular weight is 571 g/mol. The second-order valence-electron chi connectivity index (χ2n) is 10.3. The van der Waals surface area contributed by atoms with Gasteiger partial charge in [-0.1, -0.05) is 24.3 Å². The minimum atomic E-state index is -0.617. The third-order valence-corrected chi connectivity index (χ3v) is 7.54. The van der Waals surface area contributed by atoms with Crippen molar-refractivity contribution in [2.24, 2.45) is 0 Å². The van der Waals surface area contributed by atoms with Crippen LogP contribution in [0.2, 0.25) is 0 Å². The molecule has 2 saturated heterocycles. The van der Waals surface area contributed by atoms with Gasteiger partial charge in [0.1, 0.15) is 11.5 Å². The number of anilines is 2. The van der Waals surface area contributed by atoms with Gasteiger partial charge in [-0.25, -0.2) is 9.80 Å². The number of hydrogen-bond acceptors (Lipinski definition) is 8. The topological polar surface area (TPSA) is 117 Å². The number of nitrogens with one attached hydrogen (secondary N) is 2. The summed E-state index contributed by atoms with van der Waals surface area (Å²) in [5, 5.41) is 6.38. The zero-order valence-electron chi connectivity index (χ0n) is 23.7. The third-order valence-electron chi connectivity index (χ3n) is 7.54. The van der Waals surface area contributed by atoms with Gasteiger partial charge in [0.2, 0.25) is 11.8 Å². The highest BCUT2D eigenvalue weighted by Crippen LogP contribution is 2.28. The molecule has 3 aromatic rings. The van der Waals surface area contributed by atoms with Gasteiger partial charge in [-0.3, -0.25) is 19.2 Å². The minimum absolute atomic E-state index is 0.0604. The van der Waals surface area contributed by atoms with Crippen molar-refractivity contribution in [1.82, 2.24) is 10.6 Å². The maximum atomic E-state index is 13.1. The van der Waals surface area contributed by atoms with Crippen LogP contribution in [0.15, 0.2) is 72.8 Å². The molecule has 2 aliphatic heterocycles. The summed E-state index contributed by atoms with van der Waals surface area (Å²) in [6.07, 6.45) is 1.48. The molecule has 218 valence electrons. The fourth-order valence-electron chi connectivity index (χ4n) is 5.31. The molecule has 2 heterocycles. The Bertz CT molecular complexity index is 1360. The van der Waals surface area contributed by atoms with E-state index in [4.69, 9.17) is 9.47 Å². The van der Waals surface area contributed by atoms with Gasteiger partial charge in [0.25, 0.3) is 11.8 Å². The first-order valence-corrected chi connectivity index (χ1v) is 13.9. The summed E-state index contributed by atoms with van der Waals surface area (Å²) in [6, 6.07) is 20.5. The van der Waals surface area contributed by atoms with Crippen LogP contribution >= 0.6 is 0 Å². The van der Waals surface area contributed by atoms with Crippen molar-refractivity contribution < 1.29 is 28.7 Å². The molecule has 42 heavy (non-hydrogen) atoms. The molecular formula is C32H34N4O6. The Kier molecular flexibility index (Phi) is 8.94. The number of amides is 4. The van der Waals surface area contributed by atoms with Crippen molar-refractivity contribution in [3.05, 3.63) is 83.9 Å². The number of nitrogens with zero attached hydrogens (tertiary/aromatic N) is 2. The largest absolute Gasteiger partial charge is 0.497 e. The van der Waals surface area contributed by atoms with Crippen molar-refractivity contribution >= 4 is 35.0 Å². The maximum absolute atomic E-state index is 13.1. The lowest BCUT2D eigenvalue weighted by Gasteiger charge is -2.19. The number of methoxy groups -OCH3 is 2. The highest BCUT2D eigenvalue weighted by Gasteiger charge is 2.41. The predicted octanol–water partition coefficient (Wildman–Crippen LogP) is 2.63. The molecule has 0 aliphatic carbocycles. The Morgan fingerprint density at radius 2 is 1.05 bits per heavy atom. The van der Waals surface area contributed by atoms with E-state index in [0.29, 0.717) is 37.3 Å². The fraction of sp³-hybridized carbons (Fsp3) is 0.312. The number of rotatable bonds is 12. The minimum Gasteiger partial charge on any atom is -0.497 e. The zero-order chi connectivity index (χ0) is 29.6. The van der Waals surface area contributed by atoms with Gasteiger partial charge in [-0.15, -0.1) is 0 Å². The lowest BCUT2D eigenvalue weighted by molar-refractivity contribution is -0.123. The fourth-order valence-corrected chi connectivity index (χ4v) is 5.31. The molecule has 2 N–H and O–H groups in total. The van der Waals surface area contributed by atoms with Crippen LogP contribution in [0.4, 0.5) is 11.4 Å². The Morgan fingerprint density at radius 3 is 1.43 bits per heavy atom. The molecule has 3 aromatic carbocycles. The zero-order valence-corrected chi connectivity index (χ0v) is 23.7. The molecule has 0 bridgehead atoms. The molecule has 0 radical (unpaired) electrons. The van der Waals surface area contributed by atoms with E-state index in [9.17, 15) is 19.2 Å². The van der Waals surface area contributed by atoms with Gasteiger partial charge in [0.05, 0.1) is 50.5 Å². The van der Waals surface area contributed by atoms with E-state index in [1.54, 1.807) is 38.5 Å². The molecule has 0 unspecified atom stereocenters. The average Bonchev–Trinajstić information content (AvgIpc) is 3.45. The first kappa shape index (κ1) is 29.0. The second kappa shape index (κ2) is 13.0. The Balaban J connectivity index is 1.15. The number of carbonyl (C=O) groups excluding carboxylic acids is 4. The van der Waals surface area contributed by atoms with Crippen molar-refractivity contribution in [3.8, 4) is 11.5 Å². The van der Waals surface area contributed by atoms with Gasteiger partial charge in [-0.2, -0.15) is 0 Å². The summed E-state index contributed by atoms with van der Waals surface area (Å²) in [7, 11) is 3.23.